The maximum absolute atomic E-state index is 11.7. The number of rotatable bonds is 4. The first-order valence-electron chi connectivity index (χ1n) is 7.82. The van der Waals surface area contributed by atoms with Gasteiger partial charge in [-0.15, -0.1) is 0 Å². The molecule has 1 saturated carbocycles. The van der Waals surface area contributed by atoms with Crippen LogP contribution >= 0.6 is 0 Å². The van der Waals surface area contributed by atoms with E-state index in [1.165, 1.54) is 0 Å². The van der Waals surface area contributed by atoms with Crippen molar-refractivity contribution < 1.29 is 14.6 Å². The lowest BCUT2D eigenvalue weighted by Gasteiger charge is -2.41. The third kappa shape index (κ3) is 4.17. The molecule has 0 unspecified atom stereocenters. The van der Waals surface area contributed by atoms with E-state index in [-0.39, 0.29) is 11.9 Å². The molecule has 20 heavy (non-hydrogen) atoms. The number of hydrogen-bond acceptors (Lipinski definition) is 5. The molecule has 1 aliphatic carbocycles. The number of ether oxygens (including phenoxy) is 1. The van der Waals surface area contributed by atoms with Crippen LogP contribution in [0.4, 0.5) is 0 Å². The van der Waals surface area contributed by atoms with Crippen LogP contribution in [0.3, 0.4) is 0 Å². The highest BCUT2D eigenvalue weighted by Crippen LogP contribution is 2.33. The first-order chi connectivity index (χ1) is 9.52. The van der Waals surface area contributed by atoms with Crippen molar-refractivity contribution in [1.29, 1.82) is 0 Å². The van der Waals surface area contributed by atoms with Crippen LogP contribution in [0, 0.1) is 5.92 Å². The number of hydrogen-bond donors (Lipinski definition) is 1. The predicted octanol–water partition coefficient (Wildman–Crippen LogP) is 0.718. The van der Waals surface area contributed by atoms with Gasteiger partial charge in [0.25, 0.3) is 0 Å². The maximum atomic E-state index is 11.7. The Morgan fingerprint density at radius 1 is 1.25 bits per heavy atom. The quantitative estimate of drug-likeness (QED) is 0.771. The van der Waals surface area contributed by atoms with Gasteiger partial charge in [-0.1, -0.05) is 0 Å². The molecule has 116 valence electrons. The van der Waals surface area contributed by atoms with Crippen LogP contribution in [0.5, 0.6) is 0 Å². The molecular weight excluding hydrogens is 256 g/mol. The van der Waals surface area contributed by atoms with Gasteiger partial charge in [-0.05, 0) is 39.7 Å². The highest BCUT2D eigenvalue weighted by atomic mass is 16.5. The topological polar surface area (TPSA) is 53.0 Å². The predicted molar refractivity (Wildman–Crippen MR) is 77.5 cm³/mol. The standard InChI is InChI=1S/C15H28N2O3/c1-3-20-14(18)13-4-6-15(19,7-5-13)12-17-10-8-16(2)9-11-17/h13,19H,3-12H2,1-2H3. The van der Waals surface area contributed by atoms with Gasteiger partial charge in [-0.25, -0.2) is 0 Å². The minimum Gasteiger partial charge on any atom is -0.466 e. The van der Waals surface area contributed by atoms with Crippen molar-refractivity contribution >= 4 is 5.97 Å². The van der Waals surface area contributed by atoms with Gasteiger partial charge in [0.15, 0.2) is 0 Å². The van der Waals surface area contributed by atoms with Crippen LogP contribution in [0.15, 0.2) is 0 Å². The third-order valence-corrected chi connectivity index (χ3v) is 4.65. The number of aliphatic hydroxyl groups is 1. The molecule has 0 spiro atoms. The lowest BCUT2D eigenvalue weighted by atomic mass is 9.78. The van der Waals surface area contributed by atoms with Crippen LogP contribution in [0.1, 0.15) is 32.6 Å². The molecule has 0 atom stereocenters. The Labute approximate surface area is 121 Å². The monoisotopic (exact) mass is 284 g/mol. The fourth-order valence-electron chi connectivity index (χ4n) is 3.23. The minimum absolute atomic E-state index is 0.0114. The van der Waals surface area contributed by atoms with E-state index >= 15 is 0 Å². The van der Waals surface area contributed by atoms with E-state index in [4.69, 9.17) is 4.74 Å². The smallest absolute Gasteiger partial charge is 0.308 e. The van der Waals surface area contributed by atoms with E-state index in [1.54, 1.807) is 0 Å². The highest BCUT2D eigenvalue weighted by Gasteiger charge is 2.37. The zero-order valence-corrected chi connectivity index (χ0v) is 12.8. The normalized spacial score (nSPS) is 33.0. The summed E-state index contributed by atoms with van der Waals surface area (Å²) in [7, 11) is 2.14. The average Bonchev–Trinajstić information content (AvgIpc) is 2.42. The van der Waals surface area contributed by atoms with Crippen LogP contribution < -0.4 is 0 Å². The molecule has 2 aliphatic rings. The molecule has 0 aromatic heterocycles. The average molecular weight is 284 g/mol. The number of β-amino-alcohol motifs (C(OH)–C–C–N with tert-alkyl or cyclic N) is 1. The molecule has 0 radical (unpaired) electrons. The Balaban J connectivity index is 1.77. The summed E-state index contributed by atoms with van der Waals surface area (Å²) in [6.07, 6.45) is 2.93. The van der Waals surface area contributed by atoms with Gasteiger partial charge in [0.2, 0.25) is 0 Å². The Hall–Kier alpha value is -0.650. The third-order valence-electron chi connectivity index (χ3n) is 4.65. The number of nitrogens with zero attached hydrogens (tertiary/aromatic N) is 2. The summed E-state index contributed by atoms with van der Waals surface area (Å²) in [6, 6.07) is 0. The molecule has 5 heteroatoms. The second-order valence-electron chi connectivity index (χ2n) is 6.33. The summed E-state index contributed by atoms with van der Waals surface area (Å²) >= 11 is 0. The van der Waals surface area contributed by atoms with Crippen molar-refractivity contribution in [1.82, 2.24) is 9.80 Å². The van der Waals surface area contributed by atoms with E-state index in [9.17, 15) is 9.90 Å². The van der Waals surface area contributed by atoms with Crippen molar-refractivity contribution in [2.24, 2.45) is 5.92 Å². The summed E-state index contributed by atoms with van der Waals surface area (Å²) in [5.74, 6) is -0.100. The molecule has 2 fully saturated rings. The number of esters is 1. The molecule has 1 saturated heterocycles. The van der Waals surface area contributed by atoms with Gasteiger partial charge >= 0.3 is 5.97 Å². The fourth-order valence-corrected chi connectivity index (χ4v) is 3.23. The van der Waals surface area contributed by atoms with E-state index in [0.717, 1.165) is 45.6 Å². The lowest BCUT2D eigenvalue weighted by Crippen LogP contribution is -2.52. The van der Waals surface area contributed by atoms with E-state index in [1.807, 2.05) is 6.92 Å². The summed E-state index contributed by atoms with van der Waals surface area (Å²) in [4.78, 5) is 16.4. The minimum atomic E-state index is -0.612. The van der Waals surface area contributed by atoms with Crippen LogP contribution in [-0.4, -0.2) is 72.9 Å². The molecule has 0 aromatic carbocycles. The zero-order chi connectivity index (χ0) is 14.6. The van der Waals surface area contributed by atoms with Crippen molar-refractivity contribution in [2.45, 2.75) is 38.2 Å². The Morgan fingerprint density at radius 2 is 1.85 bits per heavy atom. The van der Waals surface area contributed by atoms with Gasteiger partial charge in [0.05, 0.1) is 18.1 Å². The lowest BCUT2D eigenvalue weighted by molar-refractivity contribution is -0.151. The SMILES string of the molecule is CCOC(=O)C1CCC(O)(CN2CCN(C)CC2)CC1. The molecule has 1 aliphatic heterocycles. The Kier molecular flexibility index (Phi) is 5.41. The van der Waals surface area contributed by atoms with Crippen molar-refractivity contribution in [3.8, 4) is 0 Å². The molecule has 2 rings (SSSR count). The molecule has 0 amide bonds. The van der Waals surface area contributed by atoms with Gasteiger partial charge in [-0.3, -0.25) is 9.69 Å². The van der Waals surface area contributed by atoms with E-state index < -0.39 is 5.60 Å². The maximum Gasteiger partial charge on any atom is 0.308 e. The molecule has 0 bridgehead atoms. The van der Waals surface area contributed by atoms with Crippen LogP contribution in [-0.2, 0) is 9.53 Å². The van der Waals surface area contributed by atoms with Crippen molar-refractivity contribution in [3.05, 3.63) is 0 Å². The largest absolute Gasteiger partial charge is 0.466 e. The Bertz CT molecular complexity index is 319. The second kappa shape index (κ2) is 6.87. The van der Waals surface area contributed by atoms with Crippen LogP contribution in [0.2, 0.25) is 0 Å². The van der Waals surface area contributed by atoms with E-state index in [0.29, 0.717) is 19.4 Å². The molecule has 5 nitrogen and oxygen atoms in total. The summed E-state index contributed by atoms with van der Waals surface area (Å²) in [5, 5.41) is 10.7. The number of carbonyl (C=O) groups is 1. The Morgan fingerprint density at radius 3 is 2.40 bits per heavy atom. The number of likely N-dealkylation sites (N-methyl/N-ethyl adjacent to an activating group) is 1. The fraction of sp³-hybridized carbons (Fsp3) is 0.933. The summed E-state index contributed by atoms with van der Waals surface area (Å²) < 4.78 is 5.07. The highest BCUT2D eigenvalue weighted by molar-refractivity contribution is 5.72. The summed E-state index contributed by atoms with van der Waals surface area (Å²) in [6.45, 7) is 7.23. The number of carbonyl (C=O) groups excluding carboxylic acids is 1. The van der Waals surface area contributed by atoms with Crippen molar-refractivity contribution in [2.75, 3.05) is 46.4 Å². The molecule has 1 heterocycles. The molecule has 1 N–H and O–H groups in total. The molecular formula is C15H28N2O3. The summed E-state index contributed by atoms with van der Waals surface area (Å²) in [5.41, 5.74) is -0.612. The van der Waals surface area contributed by atoms with Gasteiger partial charge < -0.3 is 14.7 Å². The van der Waals surface area contributed by atoms with Crippen LogP contribution in [0.25, 0.3) is 0 Å². The molecule has 0 aromatic rings. The first-order valence-corrected chi connectivity index (χ1v) is 7.82. The second-order valence-corrected chi connectivity index (χ2v) is 6.33. The van der Waals surface area contributed by atoms with Gasteiger partial charge in [-0.2, -0.15) is 0 Å². The van der Waals surface area contributed by atoms with Crippen molar-refractivity contribution in [3.63, 3.8) is 0 Å². The van der Waals surface area contributed by atoms with E-state index in [2.05, 4.69) is 16.8 Å². The number of piperazine rings is 1. The first kappa shape index (κ1) is 15.7. The van der Waals surface area contributed by atoms with Gasteiger partial charge in [0.1, 0.15) is 0 Å². The van der Waals surface area contributed by atoms with Gasteiger partial charge in [0, 0.05) is 32.7 Å². The zero-order valence-electron chi connectivity index (χ0n) is 12.8.